The summed E-state index contributed by atoms with van der Waals surface area (Å²) < 4.78 is 0. The van der Waals surface area contributed by atoms with E-state index in [1.54, 1.807) is 0 Å². The molecule has 0 radical (unpaired) electrons. The van der Waals surface area contributed by atoms with Gasteiger partial charge in [-0.15, -0.1) is 0 Å². The number of benzene rings is 1. The number of rotatable bonds is 0. The molecule has 3 aliphatic rings. The molecule has 5 rings (SSSR count). The maximum Gasteiger partial charge on any atom is 0.227 e. The lowest BCUT2D eigenvalue weighted by Crippen LogP contribution is -2.33. The van der Waals surface area contributed by atoms with Crippen LogP contribution in [0.15, 0.2) is 18.2 Å². The summed E-state index contributed by atoms with van der Waals surface area (Å²) in [6.45, 7) is 0.953. The highest BCUT2D eigenvalue weighted by atomic mass is 16.2. The molecule has 1 amide bonds. The van der Waals surface area contributed by atoms with E-state index in [-0.39, 0.29) is 0 Å². The molecular weight excluding hydrogens is 236 g/mol. The summed E-state index contributed by atoms with van der Waals surface area (Å²) in [6.07, 6.45) is 4.13. The minimum atomic E-state index is 0.323. The van der Waals surface area contributed by atoms with Gasteiger partial charge in [0.15, 0.2) is 0 Å². The van der Waals surface area contributed by atoms with Gasteiger partial charge in [-0.05, 0) is 36.8 Å². The molecule has 1 N–H and O–H groups in total. The highest BCUT2D eigenvalue weighted by Gasteiger charge is 2.44. The van der Waals surface area contributed by atoms with E-state index in [1.807, 2.05) is 0 Å². The number of hydrogen-bond acceptors (Lipinski definition) is 1. The van der Waals surface area contributed by atoms with Crippen molar-refractivity contribution in [2.75, 3.05) is 6.54 Å². The molecule has 96 valence electrons. The van der Waals surface area contributed by atoms with Crippen LogP contribution in [-0.4, -0.2) is 22.3 Å². The smallest absolute Gasteiger partial charge is 0.227 e. The van der Waals surface area contributed by atoms with Crippen molar-refractivity contribution in [1.29, 1.82) is 0 Å². The molecule has 0 saturated carbocycles. The number of aryl methyl sites for hydroxylation is 1. The van der Waals surface area contributed by atoms with E-state index in [0.29, 0.717) is 24.3 Å². The largest absolute Gasteiger partial charge is 0.358 e. The molecule has 3 nitrogen and oxygen atoms in total. The van der Waals surface area contributed by atoms with Gasteiger partial charge in [0.2, 0.25) is 5.91 Å². The van der Waals surface area contributed by atoms with Gasteiger partial charge in [0.05, 0.1) is 12.5 Å². The Morgan fingerprint density at radius 3 is 3.16 bits per heavy atom. The van der Waals surface area contributed by atoms with E-state index in [1.165, 1.54) is 40.6 Å². The SMILES string of the molecule is O=C1Cc2cccc3[nH]c4c(c23)[C@H]2[C@@H](CC4)CCN12. The summed E-state index contributed by atoms with van der Waals surface area (Å²) in [5, 5.41) is 1.35. The second-order valence-corrected chi connectivity index (χ2v) is 6.15. The van der Waals surface area contributed by atoms with Gasteiger partial charge in [-0.3, -0.25) is 4.79 Å². The van der Waals surface area contributed by atoms with Crippen LogP contribution in [0.5, 0.6) is 0 Å². The zero-order chi connectivity index (χ0) is 12.6. The predicted molar refractivity (Wildman–Crippen MR) is 72.9 cm³/mol. The topological polar surface area (TPSA) is 36.1 Å². The van der Waals surface area contributed by atoms with Gasteiger partial charge in [0, 0.05) is 28.7 Å². The standard InChI is InChI=1S/C16H16N2O/c19-13-8-10-2-1-3-11-14(10)15-12(17-11)5-4-9-6-7-18(13)16(9)15/h1-3,9,16-17H,4-8H2/t9-,16+/m0/s1. The van der Waals surface area contributed by atoms with Crippen molar-refractivity contribution in [3.8, 4) is 0 Å². The highest BCUT2D eigenvalue weighted by molar-refractivity contribution is 5.95. The number of carbonyl (C=O) groups excluding carboxylic acids is 1. The predicted octanol–water partition coefficient (Wildman–Crippen LogP) is 2.56. The van der Waals surface area contributed by atoms with Crippen molar-refractivity contribution < 1.29 is 4.79 Å². The Labute approximate surface area is 111 Å². The molecule has 2 aliphatic heterocycles. The first-order valence-corrected chi connectivity index (χ1v) is 7.25. The van der Waals surface area contributed by atoms with E-state index >= 15 is 0 Å². The molecule has 0 spiro atoms. The average Bonchev–Trinajstić information content (AvgIpc) is 2.95. The van der Waals surface area contributed by atoms with Crippen LogP contribution in [0.2, 0.25) is 0 Å². The second-order valence-electron chi connectivity index (χ2n) is 6.15. The van der Waals surface area contributed by atoms with Gasteiger partial charge in [-0.25, -0.2) is 0 Å². The number of H-pyrrole nitrogens is 1. The summed E-state index contributed by atoms with van der Waals surface area (Å²) in [4.78, 5) is 18.2. The monoisotopic (exact) mass is 252 g/mol. The van der Waals surface area contributed by atoms with E-state index in [2.05, 4.69) is 28.1 Å². The maximum absolute atomic E-state index is 12.5. The van der Waals surface area contributed by atoms with Crippen molar-refractivity contribution in [1.82, 2.24) is 9.88 Å². The first kappa shape index (κ1) is 10.1. The van der Waals surface area contributed by atoms with E-state index in [9.17, 15) is 4.79 Å². The number of hydrogen-bond donors (Lipinski definition) is 1. The van der Waals surface area contributed by atoms with E-state index < -0.39 is 0 Å². The second kappa shape index (κ2) is 3.21. The summed E-state index contributed by atoms with van der Waals surface area (Å²) >= 11 is 0. The maximum atomic E-state index is 12.5. The van der Waals surface area contributed by atoms with Crippen LogP contribution in [0.3, 0.4) is 0 Å². The van der Waals surface area contributed by atoms with Gasteiger partial charge in [-0.1, -0.05) is 12.1 Å². The Balaban J connectivity index is 1.92. The molecule has 0 bridgehead atoms. The molecule has 3 heteroatoms. The zero-order valence-electron chi connectivity index (χ0n) is 10.8. The summed E-state index contributed by atoms with van der Waals surface area (Å²) in [7, 11) is 0. The Morgan fingerprint density at radius 1 is 1.26 bits per heavy atom. The molecule has 19 heavy (non-hydrogen) atoms. The number of carbonyl (C=O) groups is 1. The number of nitrogens with zero attached hydrogens (tertiary/aromatic N) is 1. The molecule has 1 fully saturated rings. The Kier molecular flexibility index (Phi) is 1.70. The average molecular weight is 252 g/mol. The third-order valence-corrected chi connectivity index (χ3v) is 5.28. The molecule has 1 aromatic heterocycles. The lowest BCUT2D eigenvalue weighted by molar-refractivity contribution is -0.131. The van der Waals surface area contributed by atoms with Crippen LogP contribution < -0.4 is 0 Å². The minimum absolute atomic E-state index is 0.323. The first-order chi connectivity index (χ1) is 9.33. The third-order valence-electron chi connectivity index (χ3n) is 5.28. The fraction of sp³-hybridized carbons (Fsp3) is 0.438. The molecule has 0 unspecified atom stereocenters. The molecule has 2 aromatic rings. The van der Waals surface area contributed by atoms with Crippen LogP contribution in [0.25, 0.3) is 10.9 Å². The van der Waals surface area contributed by atoms with E-state index in [4.69, 9.17) is 0 Å². The first-order valence-electron chi connectivity index (χ1n) is 7.25. The van der Waals surface area contributed by atoms with Crippen molar-refractivity contribution >= 4 is 16.8 Å². The minimum Gasteiger partial charge on any atom is -0.358 e. The number of aromatic nitrogens is 1. The molecule has 1 saturated heterocycles. The Bertz CT molecular complexity index is 715. The highest BCUT2D eigenvalue weighted by Crippen LogP contribution is 2.49. The van der Waals surface area contributed by atoms with Crippen molar-refractivity contribution in [2.45, 2.75) is 31.7 Å². The third kappa shape index (κ3) is 1.12. The fourth-order valence-electron chi connectivity index (χ4n) is 4.50. The van der Waals surface area contributed by atoms with Crippen LogP contribution in [0, 0.1) is 5.92 Å². The van der Waals surface area contributed by atoms with Gasteiger partial charge in [0.1, 0.15) is 0 Å². The molecule has 1 aliphatic carbocycles. The molecule has 2 atom stereocenters. The normalized spacial score (nSPS) is 28.0. The Hall–Kier alpha value is -1.77. The number of amides is 1. The summed E-state index contributed by atoms with van der Waals surface area (Å²) in [5.41, 5.74) is 5.27. The lowest BCUT2D eigenvalue weighted by atomic mass is 9.82. The lowest BCUT2D eigenvalue weighted by Gasteiger charge is -2.31. The van der Waals surface area contributed by atoms with Crippen molar-refractivity contribution in [3.05, 3.63) is 35.0 Å². The van der Waals surface area contributed by atoms with Crippen molar-refractivity contribution in [3.63, 3.8) is 0 Å². The van der Waals surface area contributed by atoms with Gasteiger partial charge in [-0.2, -0.15) is 0 Å². The Morgan fingerprint density at radius 2 is 2.21 bits per heavy atom. The van der Waals surface area contributed by atoms with Crippen LogP contribution in [-0.2, 0) is 17.6 Å². The van der Waals surface area contributed by atoms with Crippen LogP contribution >= 0.6 is 0 Å². The van der Waals surface area contributed by atoms with Crippen LogP contribution in [0.1, 0.15) is 35.7 Å². The zero-order valence-corrected chi connectivity index (χ0v) is 10.8. The summed E-state index contributed by atoms with van der Waals surface area (Å²) in [6, 6.07) is 6.70. The number of nitrogens with one attached hydrogen (secondary N) is 1. The van der Waals surface area contributed by atoms with E-state index in [0.717, 1.165) is 13.0 Å². The van der Waals surface area contributed by atoms with Gasteiger partial charge in [0.25, 0.3) is 0 Å². The van der Waals surface area contributed by atoms with Gasteiger partial charge >= 0.3 is 0 Å². The van der Waals surface area contributed by atoms with Crippen molar-refractivity contribution in [2.24, 2.45) is 5.92 Å². The fourth-order valence-corrected chi connectivity index (χ4v) is 4.50. The molecule has 3 heterocycles. The summed E-state index contributed by atoms with van der Waals surface area (Å²) in [5.74, 6) is 1.01. The molecular formula is C16H16N2O. The van der Waals surface area contributed by atoms with Crippen LogP contribution in [0.4, 0.5) is 0 Å². The number of aromatic amines is 1. The quantitative estimate of drug-likeness (QED) is 0.768. The molecule has 1 aromatic carbocycles. The van der Waals surface area contributed by atoms with Gasteiger partial charge < -0.3 is 9.88 Å².